The first-order valence-electron chi connectivity index (χ1n) is 10.2. The number of azo groups is 1. The summed E-state index contributed by atoms with van der Waals surface area (Å²) in [5, 5.41) is 13.9. The Kier molecular flexibility index (Phi) is 4.98. The number of amides is 1. The minimum atomic E-state index is -0.565. The lowest BCUT2D eigenvalue weighted by atomic mass is 10.1. The highest BCUT2D eigenvalue weighted by atomic mass is 16.1. The molecule has 0 atom stereocenters. The molecule has 0 fully saturated rings. The quantitative estimate of drug-likeness (QED) is 0.333. The van der Waals surface area contributed by atoms with Gasteiger partial charge in [0.25, 0.3) is 5.56 Å². The average Bonchev–Trinajstić information content (AvgIpc) is 3.35. The molecule has 0 unspecified atom stereocenters. The number of fused-ring (bicyclic) bond motifs is 3. The molecule has 2 aromatic carbocycles. The zero-order chi connectivity index (χ0) is 22.9. The van der Waals surface area contributed by atoms with Crippen LogP contribution in [0.1, 0.15) is 5.56 Å². The van der Waals surface area contributed by atoms with Gasteiger partial charge in [-0.25, -0.2) is 4.68 Å². The van der Waals surface area contributed by atoms with Gasteiger partial charge < -0.3 is 5.73 Å². The molecule has 162 valence electrons. The van der Waals surface area contributed by atoms with Crippen LogP contribution < -0.4 is 11.3 Å². The van der Waals surface area contributed by atoms with Gasteiger partial charge in [0.2, 0.25) is 5.91 Å². The molecule has 3 heterocycles. The van der Waals surface area contributed by atoms with Gasteiger partial charge in [0.15, 0.2) is 0 Å². The van der Waals surface area contributed by atoms with Crippen LogP contribution in [0.5, 0.6) is 0 Å². The van der Waals surface area contributed by atoms with Crippen molar-refractivity contribution in [3.05, 3.63) is 89.1 Å². The first-order chi connectivity index (χ1) is 16.0. The fourth-order valence-electron chi connectivity index (χ4n) is 3.75. The van der Waals surface area contributed by atoms with Crippen molar-refractivity contribution < 1.29 is 4.79 Å². The van der Waals surface area contributed by atoms with Crippen LogP contribution in [-0.2, 0) is 4.79 Å². The summed E-state index contributed by atoms with van der Waals surface area (Å²) < 4.78 is 3.39. The molecule has 0 radical (unpaired) electrons. The predicted molar refractivity (Wildman–Crippen MR) is 125 cm³/mol. The Morgan fingerprint density at radius 1 is 1.09 bits per heavy atom. The van der Waals surface area contributed by atoms with E-state index < -0.39 is 5.91 Å². The predicted octanol–water partition coefficient (Wildman–Crippen LogP) is 3.60. The van der Waals surface area contributed by atoms with Crippen LogP contribution in [0.3, 0.4) is 0 Å². The Bertz CT molecular complexity index is 1600. The van der Waals surface area contributed by atoms with E-state index in [0.29, 0.717) is 11.4 Å². The van der Waals surface area contributed by atoms with Gasteiger partial charge in [0, 0.05) is 35.4 Å². The van der Waals surface area contributed by atoms with Crippen molar-refractivity contribution in [2.75, 3.05) is 6.54 Å². The van der Waals surface area contributed by atoms with Crippen molar-refractivity contribution in [3.8, 4) is 11.4 Å². The third-order valence-electron chi connectivity index (χ3n) is 5.33. The molecule has 3 aromatic heterocycles. The number of carbonyl (C=O) groups excluding carboxylic acids is 1. The summed E-state index contributed by atoms with van der Waals surface area (Å²) in [7, 11) is 0. The van der Waals surface area contributed by atoms with Crippen molar-refractivity contribution in [2.24, 2.45) is 16.0 Å². The first-order valence-corrected chi connectivity index (χ1v) is 10.2. The average molecular weight is 437 g/mol. The molecule has 0 aliphatic carbocycles. The summed E-state index contributed by atoms with van der Waals surface area (Å²) in [6.07, 6.45) is 5.32. The number of aromatic nitrogens is 4. The lowest BCUT2D eigenvalue weighted by molar-refractivity contribution is -0.116. The summed E-state index contributed by atoms with van der Waals surface area (Å²) in [5.41, 5.74) is 9.33. The van der Waals surface area contributed by atoms with E-state index in [-0.39, 0.29) is 12.1 Å². The van der Waals surface area contributed by atoms with Crippen LogP contribution in [0.15, 0.2) is 88.2 Å². The third-order valence-corrected chi connectivity index (χ3v) is 5.33. The molecule has 0 saturated carbocycles. The largest absolute Gasteiger partial charge is 0.368 e. The summed E-state index contributed by atoms with van der Waals surface area (Å²) in [5.74, 6) is -0.565. The molecule has 0 aliphatic rings. The van der Waals surface area contributed by atoms with Crippen molar-refractivity contribution in [1.82, 2.24) is 19.3 Å². The normalized spacial score (nSPS) is 11.5. The maximum absolute atomic E-state index is 13.1. The Morgan fingerprint density at radius 2 is 1.94 bits per heavy atom. The number of carbonyl (C=O) groups is 1. The van der Waals surface area contributed by atoms with E-state index in [2.05, 4.69) is 20.3 Å². The molecule has 2 N–H and O–H groups in total. The van der Waals surface area contributed by atoms with Crippen LogP contribution >= 0.6 is 0 Å². The van der Waals surface area contributed by atoms with Gasteiger partial charge in [-0.2, -0.15) is 15.3 Å². The van der Waals surface area contributed by atoms with Gasteiger partial charge in [0.1, 0.15) is 6.54 Å². The zero-order valence-electron chi connectivity index (χ0n) is 17.7. The Morgan fingerprint density at radius 3 is 2.73 bits per heavy atom. The van der Waals surface area contributed by atoms with Crippen LogP contribution in [0.25, 0.3) is 33.2 Å². The summed E-state index contributed by atoms with van der Waals surface area (Å²) in [6, 6.07) is 16.4. The fraction of sp³-hybridized carbons (Fsp3) is 0.0833. The first kappa shape index (κ1) is 20.3. The zero-order valence-corrected chi connectivity index (χ0v) is 17.7. The molecular weight excluding hydrogens is 418 g/mol. The fourth-order valence-corrected chi connectivity index (χ4v) is 3.75. The highest BCUT2D eigenvalue weighted by molar-refractivity contribution is 6.04. The summed E-state index contributed by atoms with van der Waals surface area (Å²) in [4.78, 5) is 28.7. The standard InChI is InChI=1S/C24H19N7O2/c1-15-3-5-18(12-21(15)29-27-14-22(25)32)31-23(33)8-4-16-13-26-20-7-6-17(11-19(20)24(16)31)30-10-2-9-28-30/h2-13H,14H2,1H3,(H2,25,32)/b29-27+. The molecule has 0 aliphatic heterocycles. The maximum atomic E-state index is 13.1. The number of hydrogen-bond acceptors (Lipinski definition) is 6. The van der Waals surface area contributed by atoms with Gasteiger partial charge in [0.05, 0.1) is 28.1 Å². The molecule has 9 nitrogen and oxygen atoms in total. The number of rotatable bonds is 5. The van der Waals surface area contributed by atoms with E-state index in [1.165, 1.54) is 6.07 Å². The van der Waals surface area contributed by atoms with Gasteiger partial charge in [-0.15, -0.1) is 0 Å². The maximum Gasteiger partial charge on any atom is 0.255 e. The van der Waals surface area contributed by atoms with Crippen LogP contribution in [-0.4, -0.2) is 31.8 Å². The van der Waals surface area contributed by atoms with Crippen molar-refractivity contribution in [2.45, 2.75) is 6.92 Å². The Hall–Kier alpha value is -4.66. The number of nitrogens with two attached hydrogens (primary N) is 1. The number of primary amides is 1. The van der Waals surface area contributed by atoms with Gasteiger partial charge >= 0.3 is 0 Å². The van der Waals surface area contributed by atoms with E-state index in [9.17, 15) is 9.59 Å². The van der Waals surface area contributed by atoms with Gasteiger partial charge in [-0.1, -0.05) is 6.07 Å². The number of benzene rings is 2. The van der Waals surface area contributed by atoms with Gasteiger partial charge in [-0.3, -0.25) is 19.1 Å². The van der Waals surface area contributed by atoms with Crippen LogP contribution in [0.2, 0.25) is 0 Å². The van der Waals surface area contributed by atoms with Gasteiger partial charge in [-0.05, 0) is 55.0 Å². The number of hydrogen-bond donors (Lipinski definition) is 1. The molecule has 0 saturated heterocycles. The Labute approximate surface area is 187 Å². The summed E-state index contributed by atoms with van der Waals surface area (Å²) in [6.45, 7) is 1.67. The van der Waals surface area contributed by atoms with Crippen LogP contribution in [0, 0.1) is 6.92 Å². The summed E-state index contributed by atoms with van der Waals surface area (Å²) >= 11 is 0. The third kappa shape index (κ3) is 3.76. The number of aryl methyl sites for hydroxylation is 1. The molecule has 5 rings (SSSR count). The van der Waals surface area contributed by atoms with Crippen molar-refractivity contribution in [1.29, 1.82) is 0 Å². The molecule has 5 aromatic rings. The lowest BCUT2D eigenvalue weighted by Crippen LogP contribution is -2.17. The topological polar surface area (TPSA) is 121 Å². The van der Waals surface area contributed by atoms with E-state index >= 15 is 0 Å². The highest BCUT2D eigenvalue weighted by Crippen LogP contribution is 2.29. The van der Waals surface area contributed by atoms with Crippen molar-refractivity contribution in [3.63, 3.8) is 0 Å². The lowest BCUT2D eigenvalue weighted by Gasteiger charge is -2.14. The second-order valence-corrected chi connectivity index (χ2v) is 7.56. The van der Waals surface area contributed by atoms with Crippen LogP contribution in [0.4, 0.5) is 5.69 Å². The minimum Gasteiger partial charge on any atom is -0.368 e. The SMILES string of the molecule is Cc1ccc(-n2c(=O)ccc3cnc4ccc(-n5cccn5)cc4c32)cc1/N=N/CC(N)=O. The van der Waals surface area contributed by atoms with Crippen molar-refractivity contribution >= 4 is 33.4 Å². The monoisotopic (exact) mass is 437 g/mol. The van der Waals surface area contributed by atoms with E-state index in [4.69, 9.17) is 5.73 Å². The molecule has 0 bridgehead atoms. The molecule has 1 amide bonds. The second-order valence-electron chi connectivity index (χ2n) is 7.56. The second kappa shape index (κ2) is 8.12. The number of nitrogens with zero attached hydrogens (tertiary/aromatic N) is 6. The Balaban J connectivity index is 1.77. The smallest absolute Gasteiger partial charge is 0.255 e. The highest BCUT2D eigenvalue weighted by Gasteiger charge is 2.13. The minimum absolute atomic E-state index is 0.191. The van der Waals surface area contributed by atoms with E-state index in [1.807, 2.05) is 49.5 Å². The van der Waals surface area contributed by atoms with E-state index in [0.717, 1.165) is 33.1 Å². The molecule has 33 heavy (non-hydrogen) atoms. The molecule has 9 heteroatoms. The number of pyridine rings is 2. The van der Waals surface area contributed by atoms with E-state index in [1.54, 1.807) is 33.8 Å². The molecular formula is C24H19N7O2. The molecule has 0 spiro atoms.